The first-order valence-corrected chi connectivity index (χ1v) is 5.30. The fraction of sp³-hybridized carbons (Fsp3) is 0.500. The first-order valence-electron chi connectivity index (χ1n) is 5.30. The number of carboxylic acids is 1. The normalized spacial score (nSPS) is 10.3. The van der Waals surface area contributed by atoms with Crippen LogP contribution in [-0.2, 0) is 4.79 Å². The van der Waals surface area contributed by atoms with Crippen LogP contribution in [-0.4, -0.2) is 33.4 Å². The number of carboxylic acid groups (broad SMARTS) is 1. The van der Waals surface area contributed by atoms with Crippen molar-refractivity contribution in [2.45, 2.75) is 26.3 Å². The molecule has 7 heteroatoms. The molecule has 1 aromatic heterocycles. The van der Waals surface area contributed by atoms with Gasteiger partial charge in [-0.15, -0.1) is 0 Å². The van der Waals surface area contributed by atoms with Crippen molar-refractivity contribution >= 4 is 17.7 Å². The molecule has 2 amide bonds. The summed E-state index contributed by atoms with van der Waals surface area (Å²) in [6, 6.07) is -0.213. The van der Waals surface area contributed by atoms with E-state index in [-0.39, 0.29) is 19.0 Å². The van der Waals surface area contributed by atoms with Gasteiger partial charge in [-0.3, -0.25) is 9.48 Å². The van der Waals surface area contributed by atoms with E-state index in [2.05, 4.69) is 15.7 Å². The van der Waals surface area contributed by atoms with Crippen molar-refractivity contribution in [2.24, 2.45) is 0 Å². The number of anilines is 1. The molecule has 0 aliphatic heterocycles. The SMILES string of the molecule is CC(C)n1cc(NC(=O)NCCC(=O)O)cn1. The fourth-order valence-electron chi connectivity index (χ4n) is 1.14. The average Bonchev–Trinajstić information content (AvgIpc) is 2.65. The van der Waals surface area contributed by atoms with E-state index >= 15 is 0 Å². The number of rotatable bonds is 5. The van der Waals surface area contributed by atoms with Crippen molar-refractivity contribution in [3.05, 3.63) is 12.4 Å². The smallest absolute Gasteiger partial charge is 0.319 e. The second-order valence-corrected chi connectivity index (χ2v) is 3.83. The van der Waals surface area contributed by atoms with E-state index in [1.54, 1.807) is 10.9 Å². The van der Waals surface area contributed by atoms with Crippen molar-refractivity contribution in [3.63, 3.8) is 0 Å². The Morgan fingerprint density at radius 1 is 1.53 bits per heavy atom. The van der Waals surface area contributed by atoms with Gasteiger partial charge in [-0.2, -0.15) is 5.10 Å². The second-order valence-electron chi connectivity index (χ2n) is 3.83. The third kappa shape index (κ3) is 4.54. The molecule has 0 aliphatic rings. The molecule has 0 saturated heterocycles. The van der Waals surface area contributed by atoms with Crippen LogP contribution in [0, 0.1) is 0 Å². The van der Waals surface area contributed by atoms with Gasteiger partial charge in [0.05, 0.1) is 18.3 Å². The van der Waals surface area contributed by atoms with Crippen molar-refractivity contribution in [1.29, 1.82) is 0 Å². The molecule has 1 aromatic rings. The molecule has 94 valence electrons. The van der Waals surface area contributed by atoms with Gasteiger partial charge in [-0.25, -0.2) is 4.79 Å². The first-order chi connectivity index (χ1) is 7.99. The molecule has 17 heavy (non-hydrogen) atoms. The predicted octanol–water partition coefficient (Wildman–Crippen LogP) is 1.06. The molecular formula is C10H16N4O3. The molecule has 0 bridgehead atoms. The largest absolute Gasteiger partial charge is 0.481 e. The third-order valence-corrected chi connectivity index (χ3v) is 2.01. The van der Waals surface area contributed by atoms with Crippen molar-refractivity contribution in [2.75, 3.05) is 11.9 Å². The molecule has 0 fully saturated rings. The molecule has 1 heterocycles. The average molecular weight is 240 g/mol. The number of carbonyl (C=O) groups excluding carboxylic acids is 1. The van der Waals surface area contributed by atoms with Crippen LogP contribution in [0.5, 0.6) is 0 Å². The number of hydrogen-bond donors (Lipinski definition) is 3. The van der Waals surface area contributed by atoms with Gasteiger partial charge < -0.3 is 15.7 Å². The third-order valence-electron chi connectivity index (χ3n) is 2.01. The Hall–Kier alpha value is -2.05. The minimum Gasteiger partial charge on any atom is -0.481 e. The highest BCUT2D eigenvalue weighted by Gasteiger charge is 2.05. The van der Waals surface area contributed by atoms with Crippen molar-refractivity contribution in [3.8, 4) is 0 Å². The van der Waals surface area contributed by atoms with Crippen LogP contribution in [0.3, 0.4) is 0 Å². The lowest BCUT2D eigenvalue weighted by molar-refractivity contribution is -0.136. The monoisotopic (exact) mass is 240 g/mol. The maximum absolute atomic E-state index is 11.3. The Labute approximate surface area is 98.8 Å². The maximum atomic E-state index is 11.3. The van der Waals surface area contributed by atoms with Crippen molar-refractivity contribution < 1.29 is 14.7 Å². The summed E-state index contributed by atoms with van der Waals surface area (Å²) in [6.45, 7) is 4.05. The minimum absolute atomic E-state index is 0.0967. The van der Waals surface area contributed by atoms with Crippen LogP contribution in [0.4, 0.5) is 10.5 Å². The van der Waals surface area contributed by atoms with Crippen LogP contribution >= 0.6 is 0 Å². The van der Waals surface area contributed by atoms with E-state index in [4.69, 9.17) is 5.11 Å². The second kappa shape index (κ2) is 5.88. The topological polar surface area (TPSA) is 96.2 Å². The number of hydrogen-bond acceptors (Lipinski definition) is 3. The Balaban J connectivity index is 2.37. The standard InChI is InChI=1S/C10H16N4O3/c1-7(2)14-6-8(5-12-14)13-10(17)11-4-3-9(15)16/h5-7H,3-4H2,1-2H3,(H,15,16)(H2,11,13,17). The number of carbonyl (C=O) groups is 2. The molecule has 0 aromatic carbocycles. The lowest BCUT2D eigenvalue weighted by atomic mass is 10.4. The number of nitrogens with one attached hydrogen (secondary N) is 2. The van der Waals surface area contributed by atoms with Crippen molar-refractivity contribution in [1.82, 2.24) is 15.1 Å². The summed E-state index contributed by atoms with van der Waals surface area (Å²) < 4.78 is 1.72. The predicted molar refractivity (Wildman–Crippen MR) is 61.9 cm³/mol. The Morgan fingerprint density at radius 2 is 2.24 bits per heavy atom. The molecule has 0 atom stereocenters. The molecule has 1 rings (SSSR count). The molecular weight excluding hydrogens is 224 g/mol. The van der Waals surface area contributed by atoms with Gasteiger partial charge in [0, 0.05) is 18.8 Å². The van der Waals surface area contributed by atoms with E-state index in [0.717, 1.165) is 0 Å². The zero-order valence-corrected chi connectivity index (χ0v) is 9.80. The van der Waals surface area contributed by atoms with Gasteiger partial charge in [-0.05, 0) is 13.8 Å². The van der Waals surface area contributed by atoms with E-state index in [1.807, 2.05) is 13.8 Å². The summed E-state index contributed by atoms with van der Waals surface area (Å²) in [5.74, 6) is -0.946. The Kier molecular flexibility index (Phi) is 4.50. The number of aliphatic carboxylic acids is 1. The summed E-state index contributed by atoms with van der Waals surface area (Å²) in [7, 11) is 0. The molecule has 0 spiro atoms. The lowest BCUT2D eigenvalue weighted by Gasteiger charge is -2.05. The summed E-state index contributed by atoms with van der Waals surface area (Å²) in [6.07, 6.45) is 3.15. The van der Waals surface area contributed by atoms with E-state index < -0.39 is 12.0 Å². The fourth-order valence-corrected chi connectivity index (χ4v) is 1.14. The number of nitrogens with zero attached hydrogens (tertiary/aromatic N) is 2. The Morgan fingerprint density at radius 3 is 2.76 bits per heavy atom. The Bertz CT molecular complexity index is 400. The van der Waals surface area contributed by atoms with E-state index in [0.29, 0.717) is 5.69 Å². The molecule has 0 aliphatic carbocycles. The van der Waals surface area contributed by atoms with Crippen LogP contribution in [0.1, 0.15) is 26.3 Å². The minimum atomic E-state index is -0.946. The number of amides is 2. The summed E-state index contributed by atoms with van der Waals surface area (Å²) in [5.41, 5.74) is 0.575. The van der Waals surface area contributed by atoms with Gasteiger partial charge in [0.25, 0.3) is 0 Å². The molecule has 3 N–H and O–H groups in total. The summed E-state index contributed by atoms with van der Waals surface area (Å²) in [4.78, 5) is 21.6. The highest BCUT2D eigenvalue weighted by molar-refractivity contribution is 5.89. The van der Waals surface area contributed by atoms with Gasteiger partial charge in [0.1, 0.15) is 0 Å². The van der Waals surface area contributed by atoms with Gasteiger partial charge in [-0.1, -0.05) is 0 Å². The van der Waals surface area contributed by atoms with Crippen LogP contribution < -0.4 is 10.6 Å². The van der Waals surface area contributed by atoms with E-state index in [9.17, 15) is 9.59 Å². The van der Waals surface area contributed by atoms with Crippen LogP contribution in [0.25, 0.3) is 0 Å². The summed E-state index contributed by atoms with van der Waals surface area (Å²) >= 11 is 0. The zero-order valence-electron chi connectivity index (χ0n) is 9.80. The summed E-state index contributed by atoms with van der Waals surface area (Å²) in [5, 5.41) is 17.5. The van der Waals surface area contributed by atoms with Gasteiger partial charge in [0.2, 0.25) is 0 Å². The molecule has 0 radical (unpaired) electrons. The molecule has 0 unspecified atom stereocenters. The van der Waals surface area contributed by atoms with Gasteiger partial charge >= 0.3 is 12.0 Å². The number of aromatic nitrogens is 2. The number of urea groups is 1. The molecule has 7 nitrogen and oxygen atoms in total. The van der Waals surface area contributed by atoms with Crippen LogP contribution in [0.2, 0.25) is 0 Å². The first kappa shape index (κ1) is 13.0. The van der Waals surface area contributed by atoms with Gasteiger partial charge in [0.15, 0.2) is 0 Å². The van der Waals surface area contributed by atoms with E-state index in [1.165, 1.54) is 6.20 Å². The van der Waals surface area contributed by atoms with Crippen LogP contribution in [0.15, 0.2) is 12.4 Å². The zero-order chi connectivity index (χ0) is 12.8. The highest BCUT2D eigenvalue weighted by Crippen LogP contribution is 2.09. The highest BCUT2D eigenvalue weighted by atomic mass is 16.4. The molecule has 0 saturated carbocycles. The quantitative estimate of drug-likeness (QED) is 0.717. The lowest BCUT2D eigenvalue weighted by Crippen LogP contribution is -2.30. The maximum Gasteiger partial charge on any atom is 0.319 e.